The summed E-state index contributed by atoms with van der Waals surface area (Å²) in [5.41, 5.74) is -0.418. The van der Waals surface area contributed by atoms with E-state index in [9.17, 15) is 18.3 Å². The predicted octanol–water partition coefficient (Wildman–Crippen LogP) is 2.58. The van der Waals surface area contributed by atoms with Crippen LogP contribution in [0.3, 0.4) is 0 Å². The number of halogens is 1. The van der Waals surface area contributed by atoms with Crippen LogP contribution in [0.2, 0.25) is 5.02 Å². The first-order chi connectivity index (χ1) is 14.0. The van der Waals surface area contributed by atoms with Gasteiger partial charge in [-0.3, -0.25) is 10.3 Å². The molecule has 1 amide bonds. The summed E-state index contributed by atoms with van der Waals surface area (Å²) in [6.07, 6.45) is 0.549. The first-order valence-corrected chi connectivity index (χ1v) is 10.0. The molecule has 1 unspecified atom stereocenters. The first kappa shape index (κ1) is 23.5. The number of hydrogen-bond donors (Lipinski definition) is 3. The number of hydrogen-bond acceptors (Lipinski definition) is 8. The van der Waals surface area contributed by atoms with E-state index in [1.807, 2.05) is 0 Å². The lowest BCUT2D eigenvalue weighted by Gasteiger charge is -2.21. The molecule has 0 saturated carbocycles. The number of carbonyl (C=O) groups is 1. The Labute approximate surface area is 179 Å². The number of nitrogens with zero attached hydrogens (tertiary/aromatic N) is 2. The maximum Gasteiger partial charge on any atom is 0.413 e. The molecular weight excluding hydrogens is 436 g/mol. The average Bonchev–Trinajstić information content (AvgIpc) is 2.64. The lowest BCUT2D eigenvalue weighted by Crippen LogP contribution is -2.28. The zero-order valence-corrected chi connectivity index (χ0v) is 18.2. The molecule has 1 atom stereocenters. The molecule has 3 N–H and O–H groups in total. The lowest BCUT2D eigenvalue weighted by atomic mass is 10.1. The molecule has 10 nitrogen and oxygen atoms in total. The molecule has 30 heavy (non-hydrogen) atoms. The number of aromatic nitrogens is 2. The Bertz CT molecular complexity index is 1060. The highest BCUT2D eigenvalue weighted by Crippen LogP contribution is 2.31. The van der Waals surface area contributed by atoms with Gasteiger partial charge in [0.25, 0.3) is 15.5 Å². The van der Waals surface area contributed by atoms with E-state index in [4.69, 9.17) is 21.1 Å². The molecule has 2 rings (SSSR count). The van der Waals surface area contributed by atoms with Gasteiger partial charge < -0.3 is 19.9 Å². The number of aliphatic hydroxyl groups is 1. The van der Waals surface area contributed by atoms with Crippen LogP contribution in [0.4, 0.5) is 16.3 Å². The Hall–Kier alpha value is -2.73. The fraction of sp³-hybridized carbons (Fsp3) is 0.333. The van der Waals surface area contributed by atoms with Gasteiger partial charge in [0.1, 0.15) is 17.5 Å². The third-order valence-corrected chi connectivity index (χ3v) is 4.25. The van der Waals surface area contributed by atoms with Crippen molar-refractivity contribution in [3.05, 3.63) is 46.9 Å². The van der Waals surface area contributed by atoms with Crippen molar-refractivity contribution in [2.24, 2.45) is 0 Å². The fourth-order valence-corrected chi connectivity index (χ4v) is 2.82. The molecule has 0 saturated heterocycles. The highest BCUT2D eigenvalue weighted by atomic mass is 35.5. The Morgan fingerprint density at radius 2 is 1.97 bits per heavy atom. The zero-order chi connectivity index (χ0) is 22.5. The summed E-state index contributed by atoms with van der Waals surface area (Å²) >= 11 is 5.96. The summed E-state index contributed by atoms with van der Waals surface area (Å²) in [4.78, 5) is 20.3. The van der Waals surface area contributed by atoms with E-state index in [1.54, 1.807) is 26.8 Å². The predicted molar refractivity (Wildman–Crippen MR) is 112 cm³/mol. The van der Waals surface area contributed by atoms with E-state index in [-0.39, 0.29) is 27.8 Å². The number of ether oxygens (including phenoxy) is 2. The molecular formula is C18H21ClN4O6S. The minimum Gasteiger partial charge on any atom is -0.444 e. The molecule has 0 spiro atoms. The van der Waals surface area contributed by atoms with Crippen molar-refractivity contribution >= 4 is 44.7 Å². The first-order valence-electron chi connectivity index (χ1n) is 8.57. The SMILES string of the molecule is COC(Nc1cc(Cl)cnc1C(O)c1cccnc1NC(=O)OC(C)(C)C)=S(=O)=O. The molecule has 12 heteroatoms. The average molecular weight is 457 g/mol. The van der Waals surface area contributed by atoms with Crippen molar-refractivity contribution in [3.8, 4) is 0 Å². The Morgan fingerprint density at radius 3 is 2.57 bits per heavy atom. The number of rotatable bonds is 4. The van der Waals surface area contributed by atoms with Gasteiger partial charge in [0.15, 0.2) is 0 Å². The van der Waals surface area contributed by atoms with Crippen molar-refractivity contribution in [3.63, 3.8) is 0 Å². The highest BCUT2D eigenvalue weighted by Gasteiger charge is 2.24. The van der Waals surface area contributed by atoms with Gasteiger partial charge in [-0.05, 0) is 32.9 Å². The van der Waals surface area contributed by atoms with Crippen molar-refractivity contribution in [1.82, 2.24) is 9.97 Å². The molecule has 2 heterocycles. The summed E-state index contributed by atoms with van der Waals surface area (Å²) in [6.45, 7) is 5.13. The third kappa shape index (κ3) is 6.39. The van der Waals surface area contributed by atoms with E-state index in [0.717, 1.165) is 7.11 Å². The molecule has 0 aliphatic heterocycles. The Balaban J connectivity index is 2.44. The monoisotopic (exact) mass is 456 g/mol. The second-order valence-electron chi connectivity index (χ2n) is 6.91. The minimum absolute atomic E-state index is 0.0274. The van der Waals surface area contributed by atoms with Crippen LogP contribution in [-0.2, 0) is 19.8 Å². The maximum absolute atomic E-state index is 12.1. The zero-order valence-electron chi connectivity index (χ0n) is 16.6. The van der Waals surface area contributed by atoms with Crippen molar-refractivity contribution in [1.29, 1.82) is 0 Å². The topological polar surface area (TPSA) is 140 Å². The van der Waals surface area contributed by atoms with E-state index >= 15 is 0 Å². The normalized spacial score (nSPS) is 12.1. The lowest BCUT2D eigenvalue weighted by molar-refractivity contribution is 0.0635. The number of methoxy groups -OCH3 is 1. The van der Waals surface area contributed by atoms with Gasteiger partial charge in [0.2, 0.25) is 0 Å². The minimum atomic E-state index is -2.70. The fourth-order valence-electron chi connectivity index (χ4n) is 2.33. The summed E-state index contributed by atoms with van der Waals surface area (Å²) in [7, 11) is -1.54. The number of amides is 1. The molecule has 0 aliphatic carbocycles. The van der Waals surface area contributed by atoms with Gasteiger partial charge >= 0.3 is 6.09 Å². The van der Waals surface area contributed by atoms with Crippen molar-refractivity contribution in [2.75, 3.05) is 17.7 Å². The van der Waals surface area contributed by atoms with Crippen LogP contribution in [0, 0.1) is 0 Å². The number of pyridine rings is 2. The summed E-state index contributed by atoms with van der Waals surface area (Å²) in [5, 5.41) is 15.6. The second kappa shape index (κ2) is 9.85. The van der Waals surface area contributed by atoms with Crippen molar-refractivity contribution in [2.45, 2.75) is 32.5 Å². The molecule has 2 aromatic rings. The van der Waals surface area contributed by atoms with Gasteiger partial charge in [-0.25, -0.2) is 9.78 Å². The van der Waals surface area contributed by atoms with Gasteiger partial charge in [0.05, 0.1) is 16.4 Å². The Kier molecular flexibility index (Phi) is 7.73. The molecule has 0 aromatic carbocycles. The van der Waals surface area contributed by atoms with Gasteiger partial charge in [0, 0.05) is 25.1 Å². The standard InChI is InChI=1S/C18H21ClN4O6S/c1-18(2,3)29-16(25)23-15-11(6-5-7-20-15)14(24)13-12(8-10(19)9-21-13)22-17(28-4)30(26)27/h5-9,14,22,24H,1-4H3,(H,20,23,25). The van der Waals surface area contributed by atoms with Gasteiger partial charge in [-0.2, -0.15) is 8.42 Å². The number of nitrogens with one attached hydrogen (secondary N) is 2. The smallest absolute Gasteiger partial charge is 0.413 e. The third-order valence-electron chi connectivity index (χ3n) is 3.47. The quantitative estimate of drug-likeness (QED) is 0.592. The molecule has 0 aliphatic rings. The second-order valence-corrected chi connectivity index (χ2v) is 8.18. The highest BCUT2D eigenvalue weighted by molar-refractivity contribution is 7.72. The summed E-state index contributed by atoms with van der Waals surface area (Å²) in [6, 6.07) is 4.45. The molecule has 0 radical (unpaired) electrons. The van der Waals surface area contributed by atoms with Crippen LogP contribution in [0.25, 0.3) is 0 Å². The summed E-state index contributed by atoms with van der Waals surface area (Å²) < 4.78 is 32.5. The van der Waals surface area contributed by atoms with Crippen LogP contribution in [0.1, 0.15) is 38.1 Å². The largest absolute Gasteiger partial charge is 0.444 e. The van der Waals surface area contributed by atoms with Crippen LogP contribution < -0.4 is 10.6 Å². The molecule has 162 valence electrons. The number of aliphatic hydroxyl groups excluding tert-OH is 1. The molecule has 2 aromatic heterocycles. The van der Waals surface area contributed by atoms with Crippen molar-refractivity contribution < 1.29 is 27.8 Å². The van der Waals surface area contributed by atoms with E-state index in [1.165, 1.54) is 24.5 Å². The van der Waals surface area contributed by atoms with E-state index in [0.29, 0.717) is 0 Å². The Morgan fingerprint density at radius 1 is 1.27 bits per heavy atom. The molecule has 0 bridgehead atoms. The van der Waals surface area contributed by atoms with Crippen LogP contribution in [0.5, 0.6) is 0 Å². The molecule has 0 fully saturated rings. The van der Waals surface area contributed by atoms with Crippen LogP contribution in [0.15, 0.2) is 30.6 Å². The van der Waals surface area contributed by atoms with E-state index < -0.39 is 33.3 Å². The number of carbonyl (C=O) groups excluding carboxylic acids is 1. The summed E-state index contributed by atoms with van der Waals surface area (Å²) in [5.74, 6) is 0.0466. The maximum atomic E-state index is 12.1. The van der Waals surface area contributed by atoms with Crippen LogP contribution >= 0.6 is 11.6 Å². The van der Waals surface area contributed by atoms with E-state index in [2.05, 4.69) is 20.6 Å². The van der Waals surface area contributed by atoms with Gasteiger partial charge in [-0.1, -0.05) is 17.7 Å². The van der Waals surface area contributed by atoms with Crippen LogP contribution in [-0.4, -0.2) is 47.5 Å². The number of anilines is 2. The van der Waals surface area contributed by atoms with Gasteiger partial charge in [-0.15, -0.1) is 0 Å².